The molecule has 0 aliphatic heterocycles. The minimum Gasteiger partial charge on any atom is -0.344 e. The van der Waals surface area contributed by atoms with E-state index in [-0.39, 0.29) is 34.1 Å². The molecule has 0 radical (unpaired) electrons. The van der Waals surface area contributed by atoms with Gasteiger partial charge in [-0.15, -0.1) is 0 Å². The van der Waals surface area contributed by atoms with Gasteiger partial charge in [0.2, 0.25) is 21.8 Å². The number of nitrogens with one attached hydrogen (secondary N) is 3. The SMILES string of the molecule is CC(C)[C@H](NC(=O)C12CC3CC(CC(C3)C1)C2)C(=O)Nc1ccc(S(=O)(=O)NC2CC2)cc1. The third-order valence-corrected chi connectivity index (χ3v) is 9.62. The molecule has 5 saturated carbocycles. The number of anilines is 1. The van der Waals surface area contributed by atoms with Crippen molar-refractivity contribution in [3.63, 3.8) is 0 Å². The van der Waals surface area contributed by atoms with Crippen molar-refractivity contribution in [3.8, 4) is 0 Å². The third-order valence-electron chi connectivity index (χ3n) is 8.09. The Hall–Kier alpha value is -1.93. The van der Waals surface area contributed by atoms with Crippen LogP contribution in [0.3, 0.4) is 0 Å². The van der Waals surface area contributed by atoms with Gasteiger partial charge in [0.15, 0.2) is 0 Å². The van der Waals surface area contributed by atoms with Crippen LogP contribution in [0.1, 0.15) is 65.2 Å². The Morgan fingerprint density at radius 1 is 0.939 bits per heavy atom. The van der Waals surface area contributed by atoms with E-state index in [9.17, 15) is 18.0 Å². The monoisotopic (exact) mass is 473 g/mol. The molecule has 0 saturated heterocycles. The lowest BCUT2D eigenvalue weighted by Crippen LogP contribution is -2.57. The average Bonchev–Trinajstić information content (AvgIpc) is 3.54. The van der Waals surface area contributed by atoms with Gasteiger partial charge in [0.25, 0.3) is 0 Å². The summed E-state index contributed by atoms with van der Waals surface area (Å²) >= 11 is 0. The van der Waals surface area contributed by atoms with E-state index in [0.29, 0.717) is 23.4 Å². The molecule has 5 aliphatic rings. The minimum atomic E-state index is -3.53. The van der Waals surface area contributed by atoms with Gasteiger partial charge in [-0.3, -0.25) is 9.59 Å². The first-order chi connectivity index (χ1) is 15.6. The first kappa shape index (κ1) is 22.8. The van der Waals surface area contributed by atoms with E-state index in [1.807, 2.05) is 13.8 Å². The molecule has 5 fully saturated rings. The van der Waals surface area contributed by atoms with Gasteiger partial charge >= 0.3 is 0 Å². The summed E-state index contributed by atoms with van der Waals surface area (Å²) in [5.41, 5.74) is 0.215. The zero-order valence-corrected chi connectivity index (χ0v) is 20.3. The Morgan fingerprint density at radius 2 is 1.48 bits per heavy atom. The van der Waals surface area contributed by atoms with Crippen LogP contribution in [0.25, 0.3) is 0 Å². The van der Waals surface area contributed by atoms with E-state index in [1.165, 1.54) is 31.4 Å². The zero-order valence-electron chi connectivity index (χ0n) is 19.5. The number of amides is 2. The van der Waals surface area contributed by atoms with Crippen LogP contribution in [0.5, 0.6) is 0 Å². The van der Waals surface area contributed by atoms with E-state index >= 15 is 0 Å². The first-order valence-corrected chi connectivity index (χ1v) is 13.9. The van der Waals surface area contributed by atoms with Gasteiger partial charge in [0, 0.05) is 17.1 Å². The molecule has 0 spiro atoms. The van der Waals surface area contributed by atoms with Crippen LogP contribution in [-0.4, -0.2) is 32.3 Å². The number of benzene rings is 1. The Labute approximate surface area is 196 Å². The Balaban J connectivity index is 1.24. The van der Waals surface area contributed by atoms with Gasteiger partial charge in [-0.25, -0.2) is 13.1 Å². The van der Waals surface area contributed by atoms with E-state index in [0.717, 1.165) is 32.1 Å². The third kappa shape index (κ3) is 4.69. The summed E-state index contributed by atoms with van der Waals surface area (Å²) in [6.45, 7) is 3.87. The largest absolute Gasteiger partial charge is 0.344 e. The zero-order chi connectivity index (χ0) is 23.4. The molecule has 8 heteroatoms. The van der Waals surface area contributed by atoms with Crippen molar-refractivity contribution >= 4 is 27.5 Å². The molecule has 4 bridgehead atoms. The summed E-state index contributed by atoms with van der Waals surface area (Å²) in [5.74, 6) is 1.70. The molecular weight excluding hydrogens is 438 g/mol. The van der Waals surface area contributed by atoms with Gasteiger partial charge in [0.05, 0.1) is 4.90 Å². The molecule has 180 valence electrons. The van der Waals surface area contributed by atoms with Crippen molar-refractivity contribution in [1.82, 2.24) is 10.0 Å². The molecule has 2 amide bonds. The van der Waals surface area contributed by atoms with Crippen LogP contribution in [0.2, 0.25) is 0 Å². The minimum absolute atomic E-state index is 0.0405. The van der Waals surface area contributed by atoms with Gasteiger partial charge in [-0.2, -0.15) is 0 Å². The summed E-state index contributed by atoms with van der Waals surface area (Å²) < 4.78 is 27.4. The van der Waals surface area contributed by atoms with Gasteiger partial charge in [0.1, 0.15) is 6.04 Å². The number of carbonyl (C=O) groups excluding carboxylic acids is 2. The molecule has 0 unspecified atom stereocenters. The fourth-order valence-corrected chi connectivity index (χ4v) is 7.95. The highest BCUT2D eigenvalue weighted by Gasteiger charge is 2.55. The normalized spacial score (nSPS) is 31.4. The molecule has 33 heavy (non-hydrogen) atoms. The van der Waals surface area contributed by atoms with Crippen LogP contribution in [0.15, 0.2) is 29.2 Å². The molecule has 1 atom stereocenters. The second-order valence-corrected chi connectivity index (χ2v) is 13.0. The van der Waals surface area contributed by atoms with Gasteiger partial charge < -0.3 is 10.6 Å². The second-order valence-electron chi connectivity index (χ2n) is 11.3. The van der Waals surface area contributed by atoms with E-state index < -0.39 is 16.1 Å². The number of hydrogen-bond donors (Lipinski definition) is 3. The Bertz CT molecular complexity index is 995. The topological polar surface area (TPSA) is 104 Å². The van der Waals surface area contributed by atoms with E-state index in [4.69, 9.17) is 0 Å². The molecule has 5 aliphatic carbocycles. The van der Waals surface area contributed by atoms with Crippen molar-refractivity contribution < 1.29 is 18.0 Å². The smallest absolute Gasteiger partial charge is 0.247 e. The van der Waals surface area contributed by atoms with Crippen LogP contribution in [0, 0.1) is 29.1 Å². The summed E-state index contributed by atoms with van der Waals surface area (Å²) in [7, 11) is -3.53. The molecule has 1 aromatic rings. The Kier molecular flexibility index (Phi) is 5.80. The lowest BCUT2D eigenvalue weighted by molar-refractivity contribution is -0.148. The second kappa shape index (κ2) is 8.38. The van der Waals surface area contributed by atoms with Crippen LogP contribution in [0.4, 0.5) is 5.69 Å². The summed E-state index contributed by atoms with van der Waals surface area (Å²) in [6, 6.07) is 5.59. The number of carbonyl (C=O) groups is 2. The van der Waals surface area contributed by atoms with Gasteiger partial charge in [-0.05, 0) is 99.3 Å². The number of sulfonamides is 1. The Morgan fingerprint density at radius 3 is 1.97 bits per heavy atom. The van der Waals surface area contributed by atoms with E-state index in [1.54, 1.807) is 12.1 Å². The van der Waals surface area contributed by atoms with Crippen molar-refractivity contribution in [2.45, 2.75) is 82.2 Å². The summed E-state index contributed by atoms with van der Waals surface area (Å²) in [5, 5.41) is 5.97. The van der Waals surface area contributed by atoms with Crippen molar-refractivity contribution in [3.05, 3.63) is 24.3 Å². The highest BCUT2D eigenvalue weighted by atomic mass is 32.2. The molecule has 1 aromatic carbocycles. The van der Waals surface area contributed by atoms with Crippen molar-refractivity contribution in [1.29, 1.82) is 0 Å². The first-order valence-electron chi connectivity index (χ1n) is 12.4. The predicted octanol–water partition coefficient (Wildman–Crippen LogP) is 3.42. The van der Waals surface area contributed by atoms with Crippen LogP contribution < -0.4 is 15.4 Å². The quantitative estimate of drug-likeness (QED) is 0.538. The molecule has 0 heterocycles. The predicted molar refractivity (Wildman–Crippen MR) is 126 cm³/mol. The lowest BCUT2D eigenvalue weighted by atomic mass is 9.49. The fourth-order valence-electron chi connectivity index (χ4n) is 6.64. The maximum absolute atomic E-state index is 13.5. The van der Waals surface area contributed by atoms with Gasteiger partial charge in [-0.1, -0.05) is 13.8 Å². The van der Waals surface area contributed by atoms with Crippen molar-refractivity contribution in [2.75, 3.05) is 5.32 Å². The lowest BCUT2D eigenvalue weighted by Gasteiger charge is -2.55. The maximum Gasteiger partial charge on any atom is 0.247 e. The molecule has 3 N–H and O–H groups in total. The maximum atomic E-state index is 13.5. The number of rotatable bonds is 8. The standard InChI is InChI=1S/C25H35N3O4S/c1-15(2)22(27-24(30)25-12-16-9-17(13-25)11-18(10-16)14-25)23(29)26-19-5-7-21(8-6-19)33(31,32)28-20-3-4-20/h5-8,15-18,20,22,28H,3-4,9-14H2,1-2H3,(H,26,29)(H,27,30)/t16?,17?,18?,22-,25?/m0/s1. The molecule has 0 aromatic heterocycles. The average molecular weight is 474 g/mol. The molecular formula is C25H35N3O4S. The fraction of sp³-hybridized carbons (Fsp3) is 0.680. The highest BCUT2D eigenvalue weighted by Crippen LogP contribution is 2.60. The van der Waals surface area contributed by atoms with E-state index in [2.05, 4.69) is 15.4 Å². The highest BCUT2D eigenvalue weighted by molar-refractivity contribution is 7.89. The van der Waals surface area contributed by atoms with Crippen LogP contribution in [-0.2, 0) is 19.6 Å². The van der Waals surface area contributed by atoms with Crippen molar-refractivity contribution in [2.24, 2.45) is 29.1 Å². The van der Waals surface area contributed by atoms with Crippen LogP contribution >= 0.6 is 0 Å². The molecule has 6 rings (SSSR count). The summed E-state index contributed by atoms with van der Waals surface area (Å²) in [4.78, 5) is 26.7. The summed E-state index contributed by atoms with van der Waals surface area (Å²) in [6.07, 6.45) is 8.43. The number of hydrogen-bond acceptors (Lipinski definition) is 4. The molecule has 7 nitrogen and oxygen atoms in total.